The molecule has 0 aliphatic rings. The van der Waals surface area contributed by atoms with Gasteiger partial charge < -0.3 is 9.84 Å². The number of aromatic nitrogens is 2. The summed E-state index contributed by atoms with van der Waals surface area (Å²) < 4.78 is 38.6. The zero-order chi connectivity index (χ0) is 23.5. The first-order chi connectivity index (χ1) is 15.1. The first kappa shape index (κ1) is 22.9. The van der Waals surface area contributed by atoms with Crippen LogP contribution in [-0.4, -0.2) is 39.9 Å². The van der Waals surface area contributed by atoms with Crippen molar-refractivity contribution in [3.63, 3.8) is 0 Å². The number of pyridine rings is 1. The van der Waals surface area contributed by atoms with Gasteiger partial charge in [0, 0.05) is 27.6 Å². The number of halogens is 4. The Morgan fingerprint density at radius 3 is 2.28 bits per heavy atom. The molecule has 0 atom stereocenters. The highest BCUT2D eigenvalue weighted by Crippen LogP contribution is 2.29. The summed E-state index contributed by atoms with van der Waals surface area (Å²) in [6, 6.07) is 14.4. The Morgan fingerprint density at radius 2 is 1.69 bits per heavy atom. The van der Waals surface area contributed by atoms with Crippen LogP contribution in [0.25, 0.3) is 21.8 Å². The maximum Gasteiger partial charge on any atom is 0.490 e. The third-order valence-corrected chi connectivity index (χ3v) is 4.57. The van der Waals surface area contributed by atoms with Crippen molar-refractivity contribution in [2.24, 2.45) is 0 Å². The van der Waals surface area contributed by atoms with Crippen LogP contribution in [0.4, 0.5) is 13.2 Å². The first-order valence-corrected chi connectivity index (χ1v) is 9.29. The molecule has 1 amide bonds. The molecule has 0 bridgehead atoms. The summed E-state index contributed by atoms with van der Waals surface area (Å²) in [5.41, 5.74) is 5.08. The van der Waals surface area contributed by atoms with E-state index in [1.807, 2.05) is 24.3 Å². The molecule has 0 saturated carbocycles. The molecule has 0 saturated heterocycles. The summed E-state index contributed by atoms with van der Waals surface area (Å²) in [6.07, 6.45) is -1.64. The predicted molar refractivity (Wildman–Crippen MR) is 113 cm³/mol. The molecular formula is C21H15ClF3N3O4. The maximum atomic E-state index is 12.7. The van der Waals surface area contributed by atoms with E-state index in [4.69, 9.17) is 26.2 Å². The summed E-state index contributed by atoms with van der Waals surface area (Å²) in [7, 11) is 1.59. The van der Waals surface area contributed by atoms with Crippen LogP contribution in [-0.2, 0) is 4.79 Å². The number of nitrogens with one attached hydrogen (secondary N) is 1. The van der Waals surface area contributed by atoms with Gasteiger partial charge in [0.05, 0.1) is 24.3 Å². The highest BCUT2D eigenvalue weighted by atomic mass is 35.5. The van der Waals surface area contributed by atoms with E-state index in [0.717, 1.165) is 21.8 Å². The van der Waals surface area contributed by atoms with E-state index in [0.29, 0.717) is 16.3 Å². The molecule has 2 aromatic heterocycles. The Labute approximate surface area is 184 Å². The third kappa shape index (κ3) is 4.92. The van der Waals surface area contributed by atoms with Crippen molar-refractivity contribution < 1.29 is 32.6 Å². The van der Waals surface area contributed by atoms with Crippen LogP contribution in [0.15, 0.2) is 60.9 Å². The molecule has 2 aromatic carbocycles. The fraction of sp³-hybridized carbons (Fsp3) is 0.0952. The summed E-state index contributed by atoms with van der Waals surface area (Å²) in [5.74, 6) is -2.29. The minimum atomic E-state index is -5.08. The van der Waals surface area contributed by atoms with Gasteiger partial charge in [0.15, 0.2) is 0 Å². The number of carbonyl (C=O) groups excluding carboxylic acids is 1. The Bertz CT molecular complexity index is 1290. The number of hydrogen-bond donors (Lipinski definition) is 2. The number of carboxylic acid groups (broad SMARTS) is 1. The summed E-state index contributed by atoms with van der Waals surface area (Å²) >= 11 is 6.15. The molecule has 11 heteroatoms. The van der Waals surface area contributed by atoms with Crippen LogP contribution in [0.3, 0.4) is 0 Å². The number of aliphatic carboxylic acids is 1. The maximum absolute atomic E-state index is 12.7. The number of benzene rings is 2. The van der Waals surface area contributed by atoms with E-state index in [1.54, 1.807) is 48.4 Å². The van der Waals surface area contributed by atoms with Gasteiger partial charge in [-0.25, -0.2) is 4.79 Å². The van der Waals surface area contributed by atoms with Crippen LogP contribution >= 0.6 is 11.6 Å². The predicted octanol–water partition coefficient (Wildman–Crippen LogP) is 4.87. The standard InChI is InChI=1S/C19H14ClN3O2.C2HF3O2/c1-25-14-5-2-12(3-6-14)19(24)22-23-17-10-13(20)4-7-15(17)16-8-9-21-11-18(16)23;3-2(4,5)1(6)7/h2-11H,1H3,(H,22,24);(H,6,7). The first-order valence-electron chi connectivity index (χ1n) is 8.91. The number of amides is 1. The zero-order valence-electron chi connectivity index (χ0n) is 16.4. The van der Waals surface area contributed by atoms with E-state index >= 15 is 0 Å². The molecule has 2 heterocycles. The fourth-order valence-corrected chi connectivity index (χ4v) is 3.03. The molecule has 166 valence electrons. The molecule has 0 spiro atoms. The minimum absolute atomic E-state index is 0.231. The molecule has 7 nitrogen and oxygen atoms in total. The average Bonchev–Trinajstić information content (AvgIpc) is 3.06. The molecule has 0 aliphatic heterocycles. The monoisotopic (exact) mass is 465 g/mol. The largest absolute Gasteiger partial charge is 0.497 e. The van der Waals surface area contributed by atoms with Gasteiger partial charge in [-0.2, -0.15) is 13.2 Å². The highest BCUT2D eigenvalue weighted by Gasteiger charge is 2.38. The topological polar surface area (TPSA) is 93.5 Å². The van der Waals surface area contributed by atoms with Crippen LogP contribution in [0.5, 0.6) is 5.75 Å². The Hall–Kier alpha value is -3.79. The Balaban J connectivity index is 0.000000360. The van der Waals surface area contributed by atoms with Gasteiger partial charge in [0.2, 0.25) is 0 Å². The molecule has 4 rings (SSSR count). The minimum Gasteiger partial charge on any atom is -0.497 e. The molecule has 4 aromatic rings. The van der Waals surface area contributed by atoms with E-state index in [2.05, 4.69) is 10.4 Å². The van der Waals surface area contributed by atoms with Crippen molar-refractivity contribution >= 4 is 45.3 Å². The van der Waals surface area contributed by atoms with Crippen molar-refractivity contribution in [1.29, 1.82) is 0 Å². The highest BCUT2D eigenvalue weighted by molar-refractivity contribution is 6.31. The van der Waals surface area contributed by atoms with Crippen LogP contribution in [0, 0.1) is 0 Å². The van der Waals surface area contributed by atoms with Crippen molar-refractivity contribution in [2.45, 2.75) is 6.18 Å². The van der Waals surface area contributed by atoms with Gasteiger partial charge in [-0.05, 0) is 42.5 Å². The lowest BCUT2D eigenvalue weighted by Gasteiger charge is -2.10. The lowest BCUT2D eigenvalue weighted by Crippen LogP contribution is -2.22. The SMILES string of the molecule is COc1ccc(C(=O)Nn2c3cnccc3c3ccc(Cl)cc32)cc1.O=C(O)C(F)(F)F. The Kier molecular flexibility index (Phi) is 6.54. The Morgan fingerprint density at radius 1 is 1.06 bits per heavy atom. The van der Waals surface area contributed by atoms with Crippen molar-refractivity contribution in [3.05, 3.63) is 71.5 Å². The van der Waals surface area contributed by atoms with E-state index in [1.165, 1.54) is 0 Å². The van der Waals surface area contributed by atoms with Crippen LogP contribution in [0.1, 0.15) is 10.4 Å². The van der Waals surface area contributed by atoms with Gasteiger partial charge in [-0.15, -0.1) is 0 Å². The molecule has 0 aliphatic carbocycles. The van der Waals surface area contributed by atoms with Gasteiger partial charge in [0.1, 0.15) is 5.75 Å². The normalized spacial score (nSPS) is 11.0. The number of carbonyl (C=O) groups is 2. The smallest absolute Gasteiger partial charge is 0.490 e. The number of alkyl halides is 3. The quantitative estimate of drug-likeness (QED) is 0.450. The second kappa shape index (κ2) is 9.15. The molecule has 0 radical (unpaired) electrons. The summed E-state index contributed by atoms with van der Waals surface area (Å²) in [4.78, 5) is 25.7. The number of fused-ring (bicyclic) bond motifs is 3. The number of hydrogen-bond acceptors (Lipinski definition) is 4. The van der Waals surface area contributed by atoms with Gasteiger partial charge >= 0.3 is 12.1 Å². The average molecular weight is 466 g/mol. The van der Waals surface area contributed by atoms with E-state index < -0.39 is 12.1 Å². The zero-order valence-corrected chi connectivity index (χ0v) is 17.1. The van der Waals surface area contributed by atoms with E-state index in [9.17, 15) is 18.0 Å². The van der Waals surface area contributed by atoms with E-state index in [-0.39, 0.29) is 5.91 Å². The van der Waals surface area contributed by atoms with Crippen molar-refractivity contribution in [3.8, 4) is 5.75 Å². The lowest BCUT2D eigenvalue weighted by atomic mass is 10.2. The lowest BCUT2D eigenvalue weighted by molar-refractivity contribution is -0.192. The van der Waals surface area contributed by atoms with Gasteiger partial charge in [0.25, 0.3) is 5.91 Å². The summed E-state index contributed by atoms with van der Waals surface area (Å²) in [6.45, 7) is 0. The number of ether oxygens (including phenoxy) is 1. The fourth-order valence-electron chi connectivity index (χ4n) is 2.87. The molecule has 0 unspecified atom stereocenters. The van der Waals surface area contributed by atoms with Crippen molar-refractivity contribution in [1.82, 2.24) is 9.66 Å². The number of rotatable bonds is 3. The molecule has 2 N–H and O–H groups in total. The van der Waals surface area contributed by atoms with Gasteiger partial charge in [-0.3, -0.25) is 19.9 Å². The second-order valence-electron chi connectivity index (χ2n) is 6.36. The summed E-state index contributed by atoms with van der Waals surface area (Å²) in [5, 5.41) is 9.72. The van der Waals surface area contributed by atoms with Crippen LogP contribution in [0.2, 0.25) is 5.02 Å². The number of carboxylic acids is 1. The number of methoxy groups -OCH3 is 1. The molecule has 0 fully saturated rings. The second-order valence-corrected chi connectivity index (χ2v) is 6.80. The van der Waals surface area contributed by atoms with Gasteiger partial charge in [-0.1, -0.05) is 17.7 Å². The molecular weight excluding hydrogens is 451 g/mol. The molecule has 32 heavy (non-hydrogen) atoms. The van der Waals surface area contributed by atoms with Crippen molar-refractivity contribution in [2.75, 3.05) is 12.5 Å². The van der Waals surface area contributed by atoms with Crippen LogP contribution < -0.4 is 10.2 Å². The number of nitrogens with zero attached hydrogens (tertiary/aromatic N) is 2. The third-order valence-electron chi connectivity index (χ3n) is 4.34.